The van der Waals surface area contributed by atoms with Gasteiger partial charge < -0.3 is 10.5 Å². The van der Waals surface area contributed by atoms with Gasteiger partial charge in [-0.15, -0.1) is 0 Å². The predicted octanol–water partition coefficient (Wildman–Crippen LogP) is 1.83. The number of hydrogen-bond donors (Lipinski definition) is 1. The van der Waals surface area contributed by atoms with E-state index < -0.39 is 0 Å². The van der Waals surface area contributed by atoms with Gasteiger partial charge in [-0.3, -0.25) is 0 Å². The van der Waals surface area contributed by atoms with Crippen molar-refractivity contribution in [1.82, 2.24) is 0 Å². The van der Waals surface area contributed by atoms with Crippen molar-refractivity contribution in [3.63, 3.8) is 0 Å². The largest absolute Gasteiger partial charge is 0.372 e. The average molecular weight is 169 g/mol. The van der Waals surface area contributed by atoms with Gasteiger partial charge in [0.2, 0.25) is 0 Å². The molecule has 0 aromatic carbocycles. The molecule has 2 N–H and O–H groups in total. The Kier molecular flexibility index (Phi) is 1.74. The number of ether oxygens (including phenoxy) is 1. The standard InChI is InChI=1S/C10H19NO/c1-9(2)4-3-8(12-9)7-10(11)5-6-10/h8H,3-7,11H2,1-2H3. The first kappa shape index (κ1) is 8.52. The topological polar surface area (TPSA) is 35.2 Å². The molecule has 2 nitrogen and oxygen atoms in total. The molecule has 1 unspecified atom stereocenters. The molecule has 2 rings (SSSR count). The molecule has 2 aliphatic rings. The molecule has 0 spiro atoms. The predicted molar refractivity (Wildman–Crippen MR) is 49.0 cm³/mol. The van der Waals surface area contributed by atoms with Gasteiger partial charge in [-0.25, -0.2) is 0 Å². The molecule has 1 aliphatic heterocycles. The number of rotatable bonds is 2. The van der Waals surface area contributed by atoms with Crippen LogP contribution in [0.3, 0.4) is 0 Å². The molecule has 0 aromatic heterocycles. The van der Waals surface area contributed by atoms with Crippen molar-refractivity contribution in [3.05, 3.63) is 0 Å². The normalized spacial score (nSPS) is 36.8. The Labute approximate surface area is 74.5 Å². The van der Waals surface area contributed by atoms with Crippen molar-refractivity contribution < 1.29 is 4.74 Å². The highest BCUT2D eigenvalue weighted by atomic mass is 16.5. The van der Waals surface area contributed by atoms with Gasteiger partial charge in [0.25, 0.3) is 0 Å². The lowest BCUT2D eigenvalue weighted by molar-refractivity contribution is -0.0217. The van der Waals surface area contributed by atoms with Crippen molar-refractivity contribution in [2.45, 2.75) is 63.2 Å². The fraction of sp³-hybridized carbons (Fsp3) is 1.00. The van der Waals surface area contributed by atoms with E-state index in [0.717, 1.165) is 6.42 Å². The van der Waals surface area contributed by atoms with Gasteiger partial charge >= 0.3 is 0 Å². The summed E-state index contributed by atoms with van der Waals surface area (Å²) in [4.78, 5) is 0. The minimum absolute atomic E-state index is 0.107. The molecule has 2 fully saturated rings. The molecule has 0 bridgehead atoms. The second-order valence-corrected chi connectivity index (χ2v) is 5.10. The van der Waals surface area contributed by atoms with Crippen LogP contribution >= 0.6 is 0 Å². The van der Waals surface area contributed by atoms with E-state index in [1.165, 1.54) is 25.7 Å². The summed E-state index contributed by atoms with van der Waals surface area (Å²) in [5.41, 5.74) is 6.30. The third-order valence-corrected chi connectivity index (χ3v) is 3.08. The maximum Gasteiger partial charge on any atom is 0.0631 e. The molecule has 1 heterocycles. The lowest BCUT2D eigenvalue weighted by Gasteiger charge is -2.21. The highest BCUT2D eigenvalue weighted by Crippen LogP contribution is 2.41. The van der Waals surface area contributed by atoms with Crippen LogP contribution in [0.5, 0.6) is 0 Å². The van der Waals surface area contributed by atoms with E-state index in [1.54, 1.807) is 0 Å². The first-order chi connectivity index (χ1) is 5.49. The highest BCUT2D eigenvalue weighted by Gasteiger charge is 2.43. The molecular weight excluding hydrogens is 150 g/mol. The Morgan fingerprint density at radius 1 is 1.33 bits per heavy atom. The monoisotopic (exact) mass is 169 g/mol. The van der Waals surface area contributed by atoms with Gasteiger partial charge in [0.15, 0.2) is 0 Å². The van der Waals surface area contributed by atoms with Gasteiger partial charge in [0.05, 0.1) is 11.7 Å². The Balaban J connectivity index is 1.84. The van der Waals surface area contributed by atoms with Gasteiger partial charge in [0, 0.05) is 5.54 Å². The molecule has 1 atom stereocenters. The van der Waals surface area contributed by atoms with Crippen LogP contribution in [-0.4, -0.2) is 17.2 Å². The van der Waals surface area contributed by atoms with Crippen LogP contribution in [0.2, 0.25) is 0 Å². The van der Waals surface area contributed by atoms with Crippen molar-refractivity contribution >= 4 is 0 Å². The van der Waals surface area contributed by atoms with Crippen LogP contribution in [-0.2, 0) is 4.74 Å². The van der Waals surface area contributed by atoms with Crippen molar-refractivity contribution in [2.75, 3.05) is 0 Å². The molecule has 0 radical (unpaired) electrons. The fourth-order valence-electron chi connectivity index (χ4n) is 2.04. The molecular formula is C10H19NO. The van der Waals surface area contributed by atoms with Crippen LogP contribution in [0.25, 0.3) is 0 Å². The molecule has 2 heteroatoms. The maximum absolute atomic E-state index is 6.03. The van der Waals surface area contributed by atoms with Gasteiger partial charge in [0.1, 0.15) is 0 Å². The van der Waals surface area contributed by atoms with Crippen molar-refractivity contribution in [2.24, 2.45) is 5.73 Å². The van der Waals surface area contributed by atoms with Gasteiger partial charge in [-0.05, 0) is 46.0 Å². The Morgan fingerprint density at radius 3 is 2.42 bits per heavy atom. The van der Waals surface area contributed by atoms with E-state index in [9.17, 15) is 0 Å². The smallest absolute Gasteiger partial charge is 0.0631 e. The summed E-state index contributed by atoms with van der Waals surface area (Å²) in [5.74, 6) is 0. The molecule has 12 heavy (non-hydrogen) atoms. The summed E-state index contributed by atoms with van der Waals surface area (Å²) >= 11 is 0. The zero-order chi connectivity index (χ0) is 8.82. The fourth-order valence-corrected chi connectivity index (χ4v) is 2.04. The third kappa shape index (κ3) is 1.80. The van der Waals surface area contributed by atoms with Gasteiger partial charge in [-0.2, -0.15) is 0 Å². The summed E-state index contributed by atoms with van der Waals surface area (Å²) in [6, 6.07) is 0. The van der Waals surface area contributed by atoms with E-state index in [4.69, 9.17) is 10.5 Å². The Bertz CT molecular complexity index is 184. The van der Waals surface area contributed by atoms with E-state index in [-0.39, 0.29) is 11.1 Å². The lowest BCUT2D eigenvalue weighted by atomic mass is 10.0. The number of nitrogens with two attached hydrogens (primary N) is 1. The van der Waals surface area contributed by atoms with Crippen molar-refractivity contribution in [1.29, 1.82) is 0 Å². The molecule has 1 saturated heterocycles. The first-order valence-electron chi connectivity index (χ1n) is 4.96. The first-order valence-corrected chi connectivity index (χ1v) is 4.96. The van der Waals surface area contributed by atoms with Crippen LogP contribution < -0.4 is 5.73 Å². The zero-order valence-corrected chi connectivity index (χ0v) is 8.10. The van der Waals surface area contributed by atoms with E-state index >= 15 is 0 Å². The van der Waals surface area contributed by atoms with Gasteiger partial charge in [-0.1, -0.05) is 0 Å². The number of hydrogen-bond acceptors (Lipinski definition) is 2. The lowest BCUT2D eigenvalue weighted by Crippen LogP contribution is -2.29. The second-order valence-electron chi connectivity index (χ2n) is 5.10. The van der Waals surface area contributed by atoms with Crippen LogP contribution in [0.1, 0.15) is 46.0 Å². The highest BCUT2D eigenvalue weighted by molar-refractivity contribution is 5.01. The maximum atomic E-state index is 6.03. The zero-order valence-electron chi connectivity index (χ0n) is 8.10. The second kappa shape index (κ2) is 2.46. The Hall–Kier alpha value is -0.0800. The molecule has 0 aromatic rings. The molecule has 1 aliphatic carbocycles. The average Bonchev–Trinajstić information content (AvgIpc) is 2.53. The molecule has 0 amide bonds. The summed E-state index contributed by atoms with van der Waals surface area (Å²) in [6.45, 7) is 4.34. The van der Waals surface area contributed by atoms with Crippen LogP contribution in [0.4, 0.5) is 0 Å². The van der Waals surface area contributed by atoms with Crippen LogP contribution in [0, 0.1) is 0 Å². The minimum atomic E-state index is 0.107. The summed E-state index contributed by atoms with van der Waals surface area (Å²) < 4.78 is 5.88. The third-order valence-electron chi connectivity index (χ3n) is 3.08. The van der Waals surface area contributed by atoms with E-state index in [1.807, 2.05) is 0 Å². The summed E-state index contributed by atoms with van der Waals surface area (Å²) in [7, 11) is 0. The van der Waals surface area contributed by atoms with E-state index in [2.05, 4.69) is 13.8 Å². The molecule has 70 valence electrons. The SMILES string of the molecule is CC1(C)CCC(CC2(N)CC2)O1. The quantitative estimate of drug-likeness (QED) is 0.684. The minimum Gasteiger partial charge on any atom is -0.372 e. The summed E-state index contributed by atoms with van der Waals surface area (Å²) in [5, 5.41) is 0. The van der Waals surface area contributed by atoms with E-state index in [0.29, 0.717) is 6.10 Å². The van der Waals surface area contributed by atoms with Crippen molar-refractivity contribution in [3.8, 4) is 0 Å². The summed E-state index contributed by atoms with van der Waals surface area (Å²) in [6.07, 6.45) is 6.31. The Morgan fingerprint density at radius 2 is 2.00 bits per heavy atom. The molecule has 1 saturated carbocycles. The van der Waals surface area contributed by atoms with Crippen LogP contribution in [0.15, 0.2) is 0 Å².